The largest absolute Gasteiger partial charge is 0.456 e. The maximum atomic E-state index is 8.58. The fourth-order valence-corrected chi connectivity index (χ4v) is 10.2. The summed E-state index contributed by atoms with van der Waals surface area (Å²) >= 11 is 0. The van der Waals surface area contributed by atoms with Crippen LogP contribution < -0.4 is 19.8 Å². The van der Waals surface area contributed by atoms with E-state index in [2.05, 4.69) is 65.1 Å². The van der Waals surface area contributed by atoms with E-state index in [4.69, 9.17) is 17.7 Å². The Bertz CT molecular complexity index is 2340. The van der Waals surface area contributed by atoms with Crippen molar-refractivity contribution in [2.75, 3.05) is 0 Å². The van der Waals surface area contributed by atoms with E-state index < -0.39 is 21.8 Å². The summed E-state index contributed by atoms with van der Waals surface area (Å²) < 4.78 is 64.8. The molecule has 2 heterocycles. The Morgan fingerprint density at radius 1 is 0.469 bits per heavy atom. The Labute approximate surface area is 300 Å². The molecule has 0 radical (unpaired) electrons. The predicted octanol–water partition coefficient (Wildman–Crippen LogP) is 11.3. The lowest BCUT2D eigenvalue weighted by atomic mass is 9.74. The molecule has 0 atom stereocenters. The molecule has 0 amide bonds. The van der Waals surface area contributed by atoms with Gasteiger partial charge in [0.25, 0.3) is 0 Å². The summed E-state index contributed by atoms with van der Waals surface area (Å²) in [5.41, 5.74) is 6.57. The highest BCUT2D eigenvalue weighted by Crippen LogP contribution is 2.52. The van der Waals surface area contributed by atoms with Crippen molar-refractivity contribution in [3.8, 4) is 45.3 Å². The van der Waals surface area contributed by atoms with Gasteiger partial charge in [0.15, 0.2) is 0 Å². The Kier molecular flexibility index (Phi) is 5.69. The molecule has 2 nitrogen and oxygen atoms in total. The molecule has 0 N–H and O–H groups in total. The standard InChI is InChI=1S/C46H44O2Si/c1-29-23-25-31(27-35(29)33-15-13-19-39-43(33)47-41-21-11-9-17-37(41)45(39,3)4)49(7,8)32-26-24-30(2)36(28-32)34-16-14-20-40-44(34)48-42-22-12-10-18-38(42)46(40,5)6/h9-28H,1-8H3/i1D3,2D3. The summed E-state index contributed by atoms with van der Waals surface area (Å²) in [6.45, 7) is 8.37. The van der Waals surface area contributed by atoms with Gasteiger partial charge in [0.1, 0.15) is 31.1 Å². The van der Waals surface area contributed by atoms with Crippen molar-refractivity contribution < 1.29 is 17.7 Å². The van der Waals surface area contributed by atoms with Crippen molar-refractivity contribution in [2.45, 2.75) is 65.3 Å². The molecule has 3 heteroatoms. The summed E-state index contributed by atoms with van der Waals surface area (Å²) in [6.07, 6.45) is 0. The van der Waals surface area contributed by atoms with E-state index in [0.29, 0.717) is 22.6 Å². The number of ether oxygens (including phenoxy) is 2. The molecule has 0 aliphatic carbocycles. The van der Waals surface area contributed by atoms with Crippen LogP contribution in [0.4, 0.5) is 0 Å². The van der Waals surface area contributed by atoms with E-state index in [1.807, 2.05) is 84.9 Å². The number of hydrogen-bond acceptors (Lipinski definition) is 2. The van der Waals surface area contributed by atoms with Gasteiger partial charge in [-0.05, 0) is 48.1 Å². The predicted molar refractivity (Wildman–Crippen MR) is 207 cm³/mol. The molecule has 0 spiro atoms. The number of fused-ring (bicyclic) bond motifs is 4. The van der Waals surface area contributed by atoms with Crippen molar-refractivity contribution in [3.63, 3.8) is 0 Å². The topological polar surface area (TPSA) is 18.5 Å². The van der Waals surface area contributed by atoms with Gasteiger partial charge in [-0.2, -0.15) is 0 Å². The molecule has 8 rings (SSSR count). The summed E-state index contributed by atoms with van der Waals surface area (Å²) in [4.78, 5) is 0. The van der Waals surface area contributed by atoms with Gasteiger partial charge in [0, 0.05) is 52.4 Å². The molecule has 49 heavy (non-hydrogen) atoms. The van der Waals surface area contributed by atoms with Crippen LogP contribution in [0.25, 0.3) is 22.3 Å². The highest BCUT2D eigenvalue weighted by atomic mass is 28.3. The molecule has 2 aliphatic heterocycles. The molecule has 0 bridgehead atoms. The molecule has 0 saturated heterocycles. The minimum absolute atomic E-state index is 0.254. The monoisotopic (exact) mass is 662 g/mol. The first-order valence-corrected chi connectivity index (χ1v) is 19.9. The van der Waals surface area contributed by atoms with E-state index in [-0.39, 0.29) is 22.0 Å². The van der Waals surface area contributed by atoms with E-state index in [0.717, 1.165) is 55.3 Å². The van der Waals surface area contributed by atoms with Crippen LogP contribution in [-0.2, 0) is 10.8 Å². The third kappa shape index (κ3) is 4.81. The zero-order chi connectivity index (χ0) is 39.3. The summed E-state index contributed by atoms with van der Waals surface area (Å²) in [6, 6.07) is 39.4. The van der Waals surface area contributed by atoms with Crippen LogP contribution in [0.3, 0.4) is 0 Å². The minimum Gasteiger partial charge on any atom is -0.456 e. The maximum absolute atomic E-state index is 8.58. The van der Waals surface area contributed by atoms with Crippen molar-refractivity contribution in [1.82, 2.24) is 0 Å². The third-order valence-corrected chi connectivity index (χ3v) is 14.5. The zero-order valence-electron chi connectivity index (χ0n) is 34.9. The average molecular weight is 663 g/mol. The first-order chi connectivity index (χ1) is 25.8. The number of para-hydroxylation sites is 4. The van der Waals surface area contributed by atoms with E-state index >= 15 is 0 Å². The molecule has 0 unspecified atom stereocenters. The molecule has 2 aliphatic rings. The van der Waals surface area contributed by atoms with Crippen molar-refractivity contribution in [1.29, 1.82) is 0 Å². The first-order valence-electron chi connectivity index (χ1n) is 19.9. The Morgan fingerprint density at radius 3 is 1.31 bits per heavy atom. The molecule has 6 aromatic rings. The molecule has 0 fully saturated rings. The van der Waals surface area contributed by atoms with Gasteiger partial charge in [-0.1, -0.05) is 160 Å². The third-order valence-electron chi connectivity index (χ3n) is 11.0. The van der Waals surface area contributed by atoms with Crippen molar-refractivity contribution in [3.05, 3.63) is 155 Å². The van der Waals surface area contributed by atoms with Gasteiger partial charge in [-0.15, -0.1) is 0 Å². The Balaban J connectivity index is 1.30. The Morgan fingerprint density at radius 2 is 0.878 bits per heavy atom. The molecular formula is C46H44O2Si. The van der Waals surface area contributed by atoms with Crippen LogP contribution in [0.5, 0.6) is 23.0 Å². The normalized spacial score (nSPS) is 17.5. The van der Waals surface area contributed by atoms with Gasteiger partial charge < -0.3 is 9.47 Å². The second kappa shape index (κ2) is 11.1. The van der Waals surface area contributed by atoms with E-state index in [1.165, 1.54) is 0 Å². The lowest BCUT2D eigenvalue weighted by Crippen LogP contribution is -2.53. The van der Waals surface area contributed by atoms with Crippen LogP contribution >= 0.6 is 0 Å². The molecule has 6 aromatic carbocycles. The fraction of sp³-hybridized carbons (Fsp3) is 0.217. The highest BCUT2D eigenvalue weighted by molar-refractivity contribution is 7.00. The van der Waals surface area contributed by atoms with E-state index in [1.54, 1.807) is 12.1 Å². The number of benzene rings is 6. The molecule has 0 aromatic heterocycles. The zero-order valence-corrected chi connectivity index (χ0v) is 29.9. The second-order valence-electron chi connectivity index (χ2n) is 15.0. The summed E-state index contributed by atoms with van der Waals surface area (Å²) in [5, 5.41) is 2.02. The van der Waals surface area contributed by atoms with Crippen molar-refractivity contribution in [2.24, 2.45) is 0 Å². The average Bonchev–Trinajstić information content (AvgIpc) is 3.13. The van der Waals surface area contributed by atoms with Gasteiger partial charge in [0.2, 0.25) is 0 Å². The minimum atomic E-state index is -2.64. The Hall–Kier alpha value is -4.86. The smallest absolute Gasteiger partial charge is 0.139 e. The first kappa shape index (κ1) is 25.2. The molecular weight excluding hydrogens is 613 g/mol. The van der Waals surface area contributed by atoms with Gasteiger partial charge in [-0.3, -0.25) is 0 Å². The van der Waals surface area contributed by atoms with E-state index in [9.17, 15) is 0 Å². The second-order valence-corrected chi connectivity index (χ2v) is 19.4. The van der Waals surface area contributed by atoms with Crippen LogP contribution in [0, 0.1) is 13.7 Å². The quantitative estimate of drug-likeness (QED) is 0.175. The van der Waals surface area contributed by atoms with Crippen LogP contribution in [0.1, 0.15) is 69.3 Å². The number of aryl methyl sites for hydroxylation is 2. The summed E-state index contributed by atoms with van der Waals surface area (Å²) in [7, 11) is -2.64. The number of hydrogen-bond donors (Lipinski definition) is 0. The fourth-order valence-electron chi connectivity index (χ4n) is 7.83. The van der Waals surface area contributed by atoms with Crippen molar-refractivity contribution >= 4 is 18.4 Å². The summed E-state index contributed by atoms with van der Waals surface area (Å²) in [5.74, 6) is 2.84. The lowest BCUT2D eigenvalue weighted by Gasteiger charge is -2.36. The van der Waals surface area contributed by atoms with Gasteiger partial charge in [0.05, 0.1) is 0 Å². The highest BCUT2D eigenvalue weighted by Gasteiger charge is 2.37. The van der Waals surface area contributed by atoms with Crippen LogP contribution in [-0.4, -0.2) is 8.07 Å². The van der Waals surface area contributed by atoms with Gasteiger partial charge >= 0.3 is 0 Å². The lowest BCUT2D eigenvalue weighted by molar-refractivity contribution is 0.419. The molecule has 244 valence electrons. The SMILES string of the molecule is [2H]C([2H])([2H])c1ccc([Si](C)(C)c2ccc(C([2H])([2H])[2H])c(-c3cccc4c3Oc3ccccc3C4(C)C)c2)cc1-c1cccc2c1Oc1ccccc1C2(C)C. The number of rotatable bonds is 4. The maximum Gasteiger partial charge on any atom is 0.139 e. The van der Waals surface area contributed by atoms with Gasteiger partial charge in [-0.25, -0.2) is 0 Å². The van der Waals surface area contributed by atoms with Crippen LogP contribution in [0.2, 0.25) is 13.1 Å². The molecule has 0 saturated carbocycles. The van der Waals surface area contributed by atoms with Crippen LogP contribution in [0.15, 0.2) is 121 Å².